The first-order chi connectivity index (χ1) is 8.19. The van der Waals surface area contributed by atoms with Crippen LogP contribution in [-0.2, 0) is 4.74 Å². The van der Waals surface area contributed by atoms with Crippen molar-refractivity contribution < 1.29 is 9.84 Å². The second-order valence-corrected chi connectivity index (χ2v) is 13.0. The van der Waals surface area contributed by atoms with Crippen molar-refractivity contribution in [3.05, 3.63) is 11.6 Å². The molecule has 104 valence electrons. The van der Waals surface area contributed by atoms with E-state index in [4.69, 9.17) is 4.74 Å². The van der Waals surface area contributed by atoms with Gasteiger partial charge in [-0.1, -0.05) is 39.6 Å². The largest absolute Gasteiger partial charge is 0.386 e. The summed E-state index contributed by atoms with van der Waals surface area (Å²) < 4.78 is 5.63. The molecular weight excluding hydrogens is 240 g/mol. The van der Waals surface area contributed by atoms with Gasteiger partial charge in [0.1, 0.15) is 0 Å². The summed E-state index contributed by atoms with van der Waals surface area (Å²) in [6.45, 7) is 11.5. The van der Waals surface area contributed by atoms with Crippen molar-refractivity contribution in [3.63, 3.8) is 0 Å². The Morgan fingerprint density at radius 1 is 1.39 bits per heavy atom. The van der Waals surface area contributed by atoms with Crippen LogP contribution in [0.25, 0.3) is 0 Å². The molecule has 1 saturated carbocycles. The fourth-order valence-electron chi connectivity index (χ4n) is 3.86. The molecule has 3 rings (SSSR count). The molecule has 0 aromatic rings. The minimum absolute atomic E-state index is 0.0108. The van der Waals surface area contributed by atoms with Crippen molar-refractivity contribution in [2.24, 2.45) is 17.3 Å². The smallest absolute Gasteiger partial charge is 0.0984 e. The topological polar surface area (TPSA) is 29.5 Å². The van der Waals surface area contributed by atoms with Crippen molar-refractivity contribution >= 4 is 8.07 Å². The average Bonchev–Trinajstić information content (AvgIpc) is 2.27. The summed E-state index contributed by atoms with van der Waals surface area (Å²) in [6, 6.07) is 0. The number of ether oxygens (including phenoxy) is 1. The fraction of sp³-hybridized carbons (Fsp3) is 0.867. The van der Waals surface area contributed by atoms with Gasteiger partial charge in [-0.25, -0.2) is 0 Å². The van der Waals surface area contributed by atoms with E-state index < -0.39 is 14.2 Å². The van der Waals surface area contributed by atoms with Crippen molar-refractivity contribution in [1.82, 2.24) is 0 Å². The first-order valence-corrected chi connectivity index (χ1v) is 10.7. The molecular formula is C15H28O2Si. The lowest BCUT2D eigenvalue weighted by molar-refractivity contribution is -0.0366. The molecule has 1 N–H and O–H groups in total. The van der Waals surface area contributed by atoms with Crippen LogP contribution in [-0.4, -0.2) is 32.1 Å². The number of hydrogen-bond donors (Lipinski definition) is 1. The third kappa shape index (κ3) is 2.10. The van der Waals surface area contributed by atoms with E-state index in [2.05, 4.69) is 39.6 Å². The maximum absolute atomic E-state index is 10.7. The summed E-state index contributed by atoms with van der Waals surface area (Å²) >= 11 is 0. The normalized spacial score (nSPS) is 33.4. The molecule has 2 bridgehead atoms. The van der Waals surface area contributed by atoms with E-state index in [-0.39, 0.29) is 5.73 Å². The van der Waals surface area contributed by atoms with Crippen LogP contribution in [0.2, 0.25) is 19.6 Å². The number of rotatable bonds is 4. The minimum atomic E-state index is -1.51. The molecule has 0 amide bonds. The summed E-state index contributed by atoms with van der Waals surface area (Å²) in [5.41, 5.74) is 1.65. The van der Waals surface area contributed by atoms with Crippen LogP contribution in [0.15, 0.2) is 11.6 Å². The molecule has 2 nitrogen and oxygen atoms in total. The molecule has 3 aliphatic rings. The summed E-state index contributed by atoms with van der Waals surface area (Å²) in [6.07, 6.45) is 4.30. The van der Waals surface area contributed by atoms with Crippen LogP contribution in [0.1, 0.15) is 26.7 Å². The summed E-state index contributed by atoms with van der Waals surface area (Å²) in [4.78, 5) is 0. The number of fused-ring (bicyclic) bond motifs is 1. The third-order valence-electron chi connectivity index (χ3n) is 5.25. The predicted molar refractivity (Wildman–Crippen MR) is 78.2 cm³/mol. The zero-order valence-electron chi connectivity index (χ0n) is 12.7. The SMILES string of the molecule is COC(C(O)C1=CCC2CC1C2(C)C)[Si](C)(C)C. The number of allylic oxidation sites excluding steroid dienone is 1. The molecule has 4 atom stereocenters. The number of hydrogen-bond acceptors (Lipinski definition) is 2. The zero-order valence-corrected chi connectivity index (χ0v) is 13.7. The molecule has 4 unspecified atom stereocenters. The van der Waals surface area contributed by atoms with Gasteiger partial charge in [0.05, 0.1) is 19.9 Å². The predicted octanol–water partition coefficient (Wildman–Crippen LogP) is 3.23. The standard InChI is InChI=1S/C15H28O2Si/c1-15(2)10-7-8-11(12(15)9-10)13(16)14(17-3)18(4,5)6/h8,10,12-14,16H,7,9H2,1-6H3. The van der Waals surface area contributed by atoms with E-state index in [1.165, 1.54) is 12.0 Å². The lowest BCUT2D eigenvalue weighted by Gasteiger charge is -2.57. The minimum Gasteiger partial charge on any atom is -0.386 e. The Labute approximate surface area is 112 Å². The molecule has 3 heteroatoms. The van der Waals surface area contributed by atoms with Crippen LogP contribution >= 0.6 is 0 Å². The lowest BCUT2D eigenvalue weighted by Crippen LogP contribution is -2.55. The van der Waals surface area contributed by atoms with Gasteiger partial charge in [0.2, 0.25) is 0 Å². The van der Waals surface area contributed by atoms with Crippen LogP contribution in [0.5, 0.6) is 0 Å². The molecule has 3 aliphatic carbocycles. The molecule has 0 spiro atoms. The molecule has 0 radical (unpaired) electrons. The Bertz CT molecular complexity index is 354. The maximum Gasteiger partial charge on any atom is 0.0984 e. The number of methoxy groups -OCH3 is 1. The quantitative estimate of drug-likeness (QED) is 0.626. The highest BCUT2D eigenvalue weighted by Crippen LogP contribution is 2.60. The van der Waals surface area contributed by atoms with Gasteiger partial charge in [0, 0.05) is 7.11 Å². The Morgan fingerprint density at radius 3 is 2.39 bits per heavy atom. The van der Waals surface area contributed by atoms with Gasteiger partial charge in [-0.3, -0.25) is 0 Å². The highest BCUT2D eigenvalue weighted by Gasteiger charge is 2.53. The van der Waals surface area contributed by atoms with Crippen molar-refractivity contribution in [3.8, 4) is 0 Å². The van der Waals surface area contributed by atoms with Gasteiger partial charge in [0.15, 0.2) is 0 Å². The molecule has 0 aliphatic heterocycles. The van der Waals surface area contributed by atoms with E-state index in [1.54, 1.807) is 7.11 Å². The van der Waals surface area contributed by atoms with E-state index in [1.807, 2.05) is 0 Å². The van der Waals surface area contributed by atoms with Crippen molar-refractivity contribution in [2.45, 2.75) is 58.2 Å². The molecule has 0 aromatic heterocycles. The molecule has 0 aromatic carbocycles. The lowest BCUT2D eigenvalue weighted by atomic mass is 9.48. The van der Waals surface area contributed by atoms with Crippen LogP contribution < -0.4 is 0 Å². The number of aliphatic hydroxyl groups is 1. The van der Waals surface area contributed by atoms with E-state index in [9.17, 15) is 5.11 Å². The first-order valence-electron chi connectivity index (χ1n) is 7.10. The van der Waals surface area contributed by atoms with Crippen LogP contribution in [0.4, 0.5) is 0 Å². The van der Waals surface area contributed by atoms with Crippen molar-refractivity contribution in [2.75, 3.05) is 7.11 Å². The maximum atomic E-state index is 10.7. The zero-order chi connectivity index (χ0) is 13.7. The first kappa shape index (κ1) is 14.3. The van der Waals surface area contributed by atoms with E-state index >= 15 is 0 Å². The van der Waals surface area contributed by atoms with Gasteiger partial charge in [-0.15, -0.1) is 0 Å². The van der Waals surface area contributed by atoms with E-state index in [0.29, 0.717) is 11.3 Å². The van der Waals surface area contributed by atoms with Crippen molar-refractivity contribution in [1.29, 1.82) is 0 Å². The summed E-state index contributed by atoms with van der Waals surface area (Å²) in [7, 11) is 0.235. The van der Waals surface area contributed by atoms with Crippen LogP contribution in [0, 0.1) is 17.3 Å². The summed E-state index contributed by atoms with van der Waals surface area (Å²) in [5.74, 6) is 1.39. The van der Waals surface area contributed by atoms with Crippen LogP contribution in [0.3, 0.4) is 0 Å². The Kier molecular flexibility index (Phi) is 3.54. The molecule has 18 heavy (non-hydrogen) atoms. The molecule has 0 saturated heterocycles. The van der Waals surface area contributed by atoms with Gasteiger partial charge >= 0.3 is 0 Å². The van der Waals surface area contributed by atoms with Gasteiger partial charge in [0.25, 0.3) is 0 Å². The average molecular weight is 268 g/mol. The van der Waals surface area contributed by atoms with Gasteiger partial charge in [-0.2, -0.15) is 0 Å². The van der Waals surface area contributed by atoms with Gasteiger partial charge < -0.3 is 9.84 Å². The fourth-order valence-corrected chi connectivity index (χ4v) is 5.71. The second-order valence-electron chi connectivity index (χ2n) is 7.71. The highest BCUT2D eigenvalue weighted by atomic mass is 28.3. The second kappa shape index (κ2) is 4.46. The monoisotopic (exact) mass is 268 g/mol. The van der Waals surface area contributed by atoms with Gasteiger partial charge in [-0.05, 0) is 35.7 Å². The Morgan fingerprint density at radius 2 is 2.00 bits per heavy atom. The Balaban J connectivity index is 2.19. The Hall–Kier alpha value is -0.123. The highest BCUT2D eigenvalue weighted by molar-refractivity contribution is 6.77. The van der Waals surface area contributed by atoms with E-state index in [0.717, 1.165) is 12.3 Å². The third-order valence-corrected chi connectivity index (χ3v) is 7.51. The molecule has 1 fully saturated rings. The number of aliphatic hydroxyl groups excluding tert-OH is 1. The summed E-state index contributed by atoms with van der Waals surface area (Å²) in [5, 5.41) is 10.7. The molecule has 0 heterocycles.